The van der Waals surface area contributed by atoms with Gasteiger partial charge in [0.2, 0.25) is 0 Å². The topological polar surface area (TPSA) is 157 Å². The minimum atomic E-state index is -0.639. The molecule has 4 aromatic heterocycles. The van der Waals surface area contributed by atoms with Crippen molar-refractivity contribution in [3.63, 3.8) is 0 Å². The van der Waals surface area contributed by atoms with Gasteiger partial charge in [-0.05, 0) is 117 Å². The molecule has 0 aliphatic heterocycles. The Morgan fingerprint density at radius 2 is 1.20 bits per heavy atom. The summed E-state index contributed by atoms with van der Waals surface area (Å²) in [6.07, 6.45) is 9.48. The minimum absolute atomic E-state index is 0.0238. The van der Waals surface area contributed by atoms with Gasteiger partial charge in [-0.2, -0.15) is 0 Å². The van der Waals surface area contributed by atoms with E-state index in [4.69, 9.17) is 0 Å². The van der Waals surface area contributed by atoms with Gasteiger partial charge in [0.25, 0.3) is 12.4 Å². The fourth-order valence-corrected chi connectivity index (χ4v) is 7.43. The van der Waals surface area contributed by atoms with Crippen LogP contribution in [0, 0.1) is 23.3 Å². The van der Waals surface area contributed by atoms with E-state index in [1.54, 1.807) is 54.9 Å². The Balaban J connectivity index is 0.000000185. The number of nitrogens with zero attached hydrogens (tertiary/aromatic N) is 6. The average Bonchev–Trinajstić information content (AvgIpc) is 3.25. The number of anilines is 2. The largest absolute Gasteiger partial charge is 0.426 e. The lowest BCUT2D eigenvalue weighted by molar-refractivity contribution is -0.120. The molecular formula is C45H43F4N9O3. The van der Waals surface area contributed by atoms with Gasteiger partial charge in [0.15, 0.2) is 11.6 Å². The van der Waals surface area contributed by atoms with Gasteiger partial charge in [-0.25, -0.2) is 17.6 Å². The molecule has 16 heteroatoms. The van der Waals surface area contributed by atoms with Crippen molar-refractivity contribution in [2.24, 2.45) is 0 Å². The van der Waals surface area contributed by atoms with E-state index in [1.165, 1.54) is 42.5 Å². The molecule has 2 saturated carbocycles. The molecule has 0 bridgehead atoms. The zero-order valence-electron chi connectivity index (χ0n) is 33.3. The Morgan fingerprint density at radius 1 is 0.672 bits per heavy atom. The second-order valence-electron chi connectivity index (χ2n) is 15.1. The van der Waals surface area contributed by atoms with Gasteiger partial charge in [0.05, 0.1) is 28.3 Å². The zero-order valence-corrected chi connectivity index (χ0v) is 33.3. The van der Waals surface area contributed by atoms with Gasteiger partial charge in [-0.1, -0.05) is 19.8 Å². The quantitative estimate of drug-likeness (QED) is 0.0675. The molecule has 61 heavy (non-hydrogen) atoms. The van der Waals surface area contributed by atoms with Gasteiger partial charge in [-0.3, -0.25) is 19.6 Å². The minimum Gasteiger partial charge on any atom is -0.426 e. The molecule has 2 fully saturated rings. The van der Waals surface area contributed by atoms with Crippen LogP contribution in [0.2, 0.25) is 0 Å². The number of hydrogen-bond acceptors (Lipinski definition) is 11. The third kappa shape index (κ3) is 9.64. The van der Waals surface area contributed by atoms with Crippen LogP contribution in [0.15, 0.2) is 97.3 Å². The zero-order chi connectivity index (χ0) is 42.8. The summed E-state index contributed by atoms with van der Waals surface area (Å²) in [5, 5.41) is 25.9. The van der Waals surface area contributed by atoms with Crippen molar-refractivity contribution in [1.82, 2.24) is 35.7 Å². The lowest BCUT2D eigenvalue weighted by Gasteiger charge is -2.41. The summed E-state index contributed by atoms with van der Waals surface area (Å²) in [4.78, 5) is 31.2. The predicted octanol–water partition coefficient (Wildman–Crippen LogP) is 8.38. The van der Waals surface area contributed by atoms with Crippen molar-refractivity contribution in [2.75, 3.05) is 30.3 Å². The van der Waals surface area contributed by atoms with Crippen molar-refractivity contribution < 1.29 is 31.9 Å². The van der Waals surface area contributed by atoms with Crippen molar-refractivity contribution in [1.29, 1.82) is 0 Å². The smallest absolute Gasteiger partial charge is 0.298 e. The van der Waals surface area contributed by atoms with Crippen molar-refractivity contribution >= 4 is 24.0 Å². The number of carbonyl (C=O) groups is 2. The number of ether oxygens (including phenoxy) is 1. The highest BCUT2D eigenvalue weighted by Crippen LogP contribution is 2.45. The molecular weight excluding hydrogens is 791 g/mol. The van der Waals surface area contributed by atoms with E-state index >= 15 is 0 Å². The molecule has 0 atom stereocenters. The Morgan fingerprint density at radius 3 is 1.64 bits per heavy atom. The Hall–Kier alpha value is -6.84. The number of halogens is 4. The van der Waals surface area contributed by atoms with Crippen LogP contribution in [0.4, 0.5) is 29.2 Å². The van der Waals surface area contributed by atoms with E-state index in [1.807, 2.05) is 6.92 Å². The van der Waals surface area contributed by atoms with Crippen LogP contribution in [0.1, 0.15) is 73.6 Å². The summed E-state index contributed by atoms with van der Waals surface area (Å²) < 4.78 is 60.8. The van der Waals surface area contributed by atoms with Crippen LogP contribution < -0.4 is 20.7 Å². The third-order valence-electron chi connectivity index (χ3n) is 11.1. The van der Waals surface area contributed by atoms with Crippen molar-refractivity contribution in [2.45, 2.75) is 62.7 Å². The number of rotatable bonds is 15. The number of aromatic nitrogens is 6. The molecule has 0 saturated heterocycles. The van der Waals surface area contributed by atoms with Gasteiger partial charge in [0, 0.05) is 54.0 Å². The normalized spacial score (nSPS) is 14.6. The van der Waals surface area contributed by atoms with E-state index in [2.05, 4.69) is 51.0 Å². The predicted molar refractivity (Wildman–Crippen MR) is 221 cm³/mol. The maximum atomic E-state index is 14.3. The third-order valence-corrected chi connectivity index (χ3v) is 11.1. The Kier molecular flexibility index (Phi) is 13.2. The van der Waals surface area contributed by atoms with Gasteiger partial charge in [0.1, 0.15) is 29.1 Å². The Bertz CT molecular complexity index is 2470. The van der Waals surface area contributed by atoms with Crippen LogP contribution >= 0.6 is 0 Å². The lowest BCUT2D eigenvalue weighted by Crippen LogP contribution is -2.42. The highest BCUT2D eigenvalue weighted by atomic mass is 19.1. The molecule has 1 amide bonds. The number of benzene rings is 2. The first-order valence-corrected chi connectivity index (χ1v) is 20.0. The molecule has 3 N–H and O–H groups in total. The molecule has 2 aliphatic carbocycles. The monoisotopic (exact) mass is 833 g/mol. The standard InChI is InChI=1S/C24H25F2N5O.C21H18F2N4O2/c1-2-12-28-23(32)17-14-16(6-7-18(17)25)20-8-9-21(31-30-20)29-15-24(10-4-11-24)22-19(26)5-3-13-27-22;22-15-5-4-14(11-18(15)29-13-28)17-6-7-19(27-26-17)25-12-21(8-2-9-21)20-16(23)3-1-10-24-20/h3,5-9,13-14H,2,4,10-12,15H2,1H3,(H,28,32)(H,29,31);1,3-7,10-11,13H,2,8-9,12H2,(H,25,27). The van der Waals surface area contributed by atoms with Crippen LogP contribution in [0.25, 0.3) is 22.5 Å². The number of hydrogen-bond donors (Lipinski definition) is 3. The molecule has 2 aliphatic rings. The first kappa shape index (κ1) is 42.3. The summed E-state index contributed by atoms with van der Waals surface area (Å²) in [6, 6.07) is 21.4. The molecule has 2 aromatic carbocycles. The second kappa shape index (κ2) is 19.0. The molecule has 0 spiro atoms. The Labute approximate surface area is 349 Å². The number of pyridine rings is 2. The molecule has 314 valence electrons. The van der Waals surface area contributed by atoms with Gasteiger partial charge in [-0.15, -0.1) is 20.4 Å². The molecule has 0 unspecified atom stereocenters. The summed E-state index contributed by atoms with van der Waals surface area (Å²) in [5.41, 5.74) is 2.44. The second-order valence-corrected chi connectivity index (χ2v) is 15.1. The highest BCUT2D eigenvalue weighted by Gasteiger charge is 2.43. The van der Waals surface area contributed by atoms with Crippen molar-refractivity contribution in [3.05, 3.63) is 138 Å². The summed E-state index contributed by atoms with van der Waals surface area (Å²) in [6.45, 7) is 3.59. The van der Waals surface area contributed by atoms with E-state index in [-0.39, 0.29) is 40.2 Å². The van der Waals surface area contributed by atoms with Crippen molar-refractivity contribution in [3.8, 4) is 28.3 Å². The van der Waals surface area contributed by atoms with E-state index in [9.17, 15) is 27.2 Å². The van der Waals surface area contributed by atoms with Crippen LogP contribution in [0.5, 0.6) is 5.75 Å². The fraction of sp³-hybridized carbons (Fsp3) is 0.289. The first-order valence-electron chi connectivity index (χ1n) is 20.0. The van der Waals surface area contributed by atoms with Gasteiger partial charge >= 0.3 is 0 Å². The summed E-state index contributed by atoms with van der Waals surface area (Å²) >= 11 is 0. The lowest BCUT2D eigenvalue weighted by atomic mass is 9.66. The maximum Gasteiger partial charge on any atom is 0.298 e. The fourth-order valence-electron chi connectivity index (χ4n) is 7.43. The molecule has 4 heterocycles. The molecule has 12 nitrogen and oxygen atoms in total. The summed E-state index contributed by atoms with van der Waals surface area (Å²) in [7, 11) is 0. The first-order chi connectivity index (χ1) is 29.6. The highest BCUT2D eigenvalue weighted by molar-refractivity contribution is 5.95. The number of amides is 1. The van der Waals surface area contributed by atoms with Crippen LogP contribution in [0.3, 0.4) is 0 Å². The number of carbonyl (C=O) groups excluding carboxylic acids is 2. The SMILES string of the molecule is CCCNC(=O)c1cc(-c2ccc(NCC3(c4ncccc4F)CCC3)nn2)ccc1F.O=COc1cc(-c2ccc(NCC3(c4ncccc4F)CCC3)nn2)ccc1F. The van der Waals surface area contributed by atoms with Crippen LogP contribution in [-0.2, 0) is 15.6 Å². The summed E-state index contributed by atoms with van der Waals surface area (Å²) in [5.74, 6) is -1.33. The molecule has 6 aromatic rings. The average molecular weight is 834 g/mol. The van der Waals surface area contributed by atoms with E-state index in [0.717, 1.165) is 44.9 Å². The van der Waals surface area contributed by atoms with Crippen LogP contribution in [-0.4, -0.2) is 62.4 Å². The maximum absolute atomic E-state index is 14.3. The molecule has 0 radical (unpaired) electrons. The molecule has 8 rings (SSSR count). The van der Waals surface area contributed by atoms with Gasteiger partial charge < -0.3 is 20.7 Å². The van der Waals surface area contributed by atoms with E-state index < -0.39 is 17.5 Å². The van der Waals surface area contributed by atoms with E-state index in [0.29, 0.717) is 65.2 Å². The number of nitrogens with one attached hydrogen (secondary N) is 3.